The molecule has 2 aromatic heterocycles. The van der Waals surface area contributed by atoms with Crippen molar-refractivity contribution in [2.24, 2.45) is 0 Å². The summed E-state index contributed by atoms with van der Waals surface area (Å²) >= 11 is 3.20. The third kappa shape index (κ3) is 3.36. The number of hydrogen-bond acceptors (Lipinski definition) is 5. The summed E-state index contributed by atoms with van der Waals surface area (Å²) in [7, 11) is -2.02. The first-order chi connectivity index (χ1) is 15.6. The molecule has 0 radical (unpaired) electrons. The molecule has 5 rings (SSSR count). The van der Waals surface area contributed by atoms with Crippen molar-refractivity contribution in [2.45, 2.75) is 0 Å². The maximum absolute atomic E-state index is 15.2. The molecule has 0 saturated carbocycles. The minimum Gasteiger partial charge on any atom is -0.468 e. The Morgan fingerprint density at radius 2 is 1.53 bits per heavy atom. The van der Waals surface area contributed by atoms with Crippen molar-refractivity contribution in [3.8, 4) is 0 Å². The number of carbonyl (C=O) groups excluding carboxylic acids is 1. The summed E-state index contributed by atoms with van der Waals surface area (Å²) in [6, 6.07) is 25.3. The molecule has 1 unspecified atom stereocenters. The highest BCUT2D eigenvalue weighted by Crippen LogP contribution is 2.59. The Labute approximate surface area is 194 Å². The van der Waals surface area contributed by atoms with Gasteiger partial charge in [0.2, 0.25) is 7.29 Å². The summed E-state index contributed by atoms with van der Waals surface area (Å²) in [4.78, 5) is 14.6. The molecule has 1 aliphatic heterocycles. The van der Waals surface area contributed by atoms with E-state index in [0.717, 1.165) is 31.9 Å². The molecule has 0 saturated heterocycles. The second-order valence-electron chi connectivity index (χ2n) is 7.24. The number of esters is 1. The third-order valence-corrected chi connectivity index (χ3v) is 10.3. The zero-order valence-electron chi connectivity index (χ0n) is 17.3. The number of fused-ring (bicyclic) bond motifs is 1. The van der Waals surface area contributed by atoms with Gasteiger partial charge in [0.15, 0.2) is 0 Å². The number of benzene rings is 2. The monoisotopic (exact) mass is 477 g/mol. The van der Waals surface area contributed by atoms with Crippen LogP contribution in [0.25, 0.3) is 11.3 Å². The van der Waals surface area contributed by atoms with Crippen LogP contribution in [0.15, 0.2) is 89.6 Å². The van der Waals surface area contributed by atoms with E-state index in [-0.39, 0.29) is 6.54 Å². The molecule has 0 N–H and O–H groups in total. The molecule has 32 heavy (non-hydrogen) atoms. The maximum atomic E-state index is 15.2. The van der Waals surface area contributed by atoms with Crippen LogP contribution in [0.5, 0.6) is 0 Å². The fraction of sp³-hybridized carbons (Fsp3) is 0.0800. The van der Waals surface area contributed by atoms with E-state index < -0.39 is 13.3 Å². The highest BCUT2D eigenvalue weighted by molar-refractivity contribution is 7.77. The van der Waals surface area contributed by atoms with Crippen molar-refractivity contribution in [1.29, 1.82) is 0 Å². The van der Waals surface area contributed by atoms with Crippen molar-refractivity contribution in [2.75, 3.05) is 13.7 Å². The Balaban J connectivity index is 1.91. The van der Waals surface area contributed by atoms with Crippen molar-refractivity contribution in [3.05, 3.63) is 105 Å². The summed E-state index contributed by atoms with van der Waals surface area (Å²) in [5.41, 5.74) is 2.73. The first-order valence-electron chi connectivity index (χ1n) is 10.1. The van der Waals surface area contributed by atoms with Crippen molar-refractivity contribution >= 4 is 57.8 Å². The van der Waals surface area contributed by atoms with Gasteiger partial charge in [0.1, 0.15) is 6.54 Å². The average Bonchev–Trinajstić information content (AvgIpc) is 3.56. The molecule has 3 heterocycles. The first kappa shape index (κ1) is 21.0. The summed E-state index contributed by atoms with van der Waals surface area (Å²) in [6.45, 7) is -0.112. The van der Waals surface area contributed by atoms with Gasteiger partial charge in [-0.15, -0.1) is 22.7 Å². The third-order valence-electron chi connectivity index (χ3n) is 5.47. The molecule has 0 fully saturated rings. The first-order valence-corrected chi connectivity index (χ1v) is 13.5. The fourth-order valence-electron chi connectivity index (χ4n) is 4.08. The lowest BCUT2D eigenvalue weighted by Gasteiger charge is -2.40. The summed E-state index contributed by atoms with van der Waals surface area (Å²) in [5.74, 6) is -0.430. The summed E-state index contributed by atoms with van der Waals surface area (Å²) in [6.07, 6.45) is 0. The zero-order valence-corrected chi connectivity index (χ0v) is 19.8. The van der Waals surface area contributed by atoms with Crippen LogP contribution in [0.4, 0.5) is 0 Å². The smallest absolute Gasteiger partial charge is 0.325 e. The Morgan fingerprint density at radius 1 is 0.875 bits per heavy atom. The van der Waals surface area contributed by atoms with Crippen LogP contribution in [-0.2, 0) is 14.1 Å². The lowest BCUT2D eigenvalue weighted by atomic mass is 10.0. The minimum atomic E-state index is -3.38. The maximum Gasteiger partial charge on any atom is 0.325 e. The second kappa shape index (κ2) is 8.55. The predicted molar refractivity (Wildman–Crippen MR) is 133 cm³/mol. The van der Waals surface area contributed by atoms with E-state index in [1.54, 1.807) is 27.3 Å². The van der Waals surface area contributed by atoms with Crippen molar-refractivity contribution < 1.29 is 14.1 Å². The largest absolute Gasteiger partial charge is 0.468 e. The quantitative estimate of drug-likeness (QED) is 0.284. The molecule has 0 aliphatic carbocycles. The number of carbonyl (C=O) groups is 1. The minimum absolute atomic E-state index is 0.112. The highest BCUT2D eigenvalue weighted by atomic mass is 32.1. The zero-order chi connectivity index (χ0) is 22.1. The number of rotatable bonds is 5. The molecule has 7 heteroatoms. The van der Waals surface area contributed by atoms with Gasteiger partial charge in [-0.25, -0.2) is 0 Å². The van der Waals surface area contributed by atoms with E-state index in [0.29, 0.717) is 5.30 Å². The molecule has 4 nitrogen and oxygen atoms in total. The standard InChI is InChI=1S/C25H20NO3PS2/c1-29-23(27)17-26-25(22-14-8-16-32-22)24(21-13-7-15-31-21)19-11-5-6-12-20(19)30(26,28)18-9-3-2-4-10-18/h2-16H,17H2,1H3. The van der Waals surface area contributed by atoms with Crippen molar-refractivity contribution in [3.63, 3.8) is 0 Å². The number of nitrogens with zero attached hydrogens (tertiary/aromatic N) is 1. The van der Waals surface area contributed by atoms with Crippen LogP contribution in [-0.4, -0.2) is 24.3 Å². The van der Waals surface area contributed by atoms with E-state index >= 15 is 4.57 Å². The number of ether oxygens (including phenoxy) is 1. The van der Waals surface area contributed by atoms with Gasteiger partial charge in [-0.2, -0.15) is 0 Å². The fourth-order valence-corrected chi connectivity index (χ4v) is 8.72. The van der Waals surface area contributed by atoms with Crippen LogP contribution < -0.4 is 10.6 Å². The van der Waals surface area contributed by atoms with Gasteiger partial charge in [0.05, 0.1) is 17.7 Å². The molecule has 160 valence electrons. The second-order valence-corrected chi connectivity index (χ2v) is 11.8. The average molecular weight is 478 g/mol. The molecular formula is C25H20NO3PS2. The number of hydrogen-bond donors (Lipinski definition) is 0. The Kier molecular flexibility index (Phi) is 5.60. The molecular weight excluding hydrogens is 457 g/mol. The molecule has 0 amide bonds. The highest BCUT2D eigenvalue weighted by Gasteiger charge is 2.45. The Bertz CT molecular complexity index is 1330. The number of methoxy groups -OCH3 is 1. The van der Waals surface area contributed by atoms with Gasteiger partial charge in [-0.1, -0.05) is 48.5 Å². The van der Waals surface area contributed by atoms with Crippen LogP contribution in [0.2, 0.25) is 0 Å². The van der Waals surface area contributed by atoms with Gasteiger partial charge in [-0.05, 0) is 46.7 Å². The van der Waals surface area contributed by atoms with E-state index in [1.165, 1.54) is 7.11 Å². The van der Waals surface area contributed by atoms with Gasteiger partial charge in [-0.3, -0.25) is 9.36 Å². The summed E-state index contributed by atoms with van der Waals surface area (Å²) < 4.78 is 22.0. The van der Waals surface area contributed by atoms with Crippen LogP contribution >= 0.6 is 30.0 Å². The van der Waals surface area contributed by atoms with E-state index in [9.17, 15) is 4.79 Å². The Hall–Kier alpha value is -2.92. The van der Waals surface area contributed by atoms with Gasteiger partial charge >= 0.3 is 5.97 Å². The van der Waals surface area contributed by atoms with Crippen molar-refractivity contribution in [1.82, 2.24) is 4.67 Å². The molecule has 4 aromatic rings. The van der Waals surface area contributed by atoms with Gasteiger partial charge < -0.3 is 9.41 Å². The number of thiophene rings is 2. The molecule has 0 bridgehead atoms. The van der Waals surface area contributed by atoms with Crippen LogP contribution in [0.3, 0.4) is 0 Å². The van der Waals surface area contributed by atoms with E-state index in [1.807, 2.05) is 83.6 Å². The van der Waals surface area contributed by atoms with Crippen LogP contribution in [0, 0.1) is 0 Å². The van der Waals surface area contributed by atoms with E-state index in [2.05, 4.69) is 6.07 Å². The lowest BCUT2D eigenvalue weighted by molar-refractivity contribution is -0.140. The molecule has 1 aliphatic rings. The predicted octanol–water partition coefficient (Wildman–Crippen LogP) is 5.44. The SMILES string of the molecule is COC(=O)CN1C(c2cccs2)=C(c2cccs2)c2ccccc2P1(=O)c1ccccc1. The topological polar surface area (TPSA) is 46.6 Å². The Morgan fingerprint density at radius 3 is 2.19 bits per heavy atom. The van der Waals surface area contributed by atoms with Gasteiger partial charge in [0.25, 0.3) is 0 Å². The van der Waals surface area contributed by atoms with E-state index in [4.69, 9.17) is 4.74 Å². The molecule has 1 atom stereocenters. The van der Waals surface area contributed by atoms with Crippen LogP contribution in [0.1, 0.15) is 15.3 Å². The lowest BCUT2D eigenvalue weighted by Crippen LogP contribution is -2.39. The van der Waals surface area contributed by atoms with Gasteiger partial charge in [0, 0.05) is 21.1 Å². The summed E-state index contributed by atoms with van der Waals surface area (Å²) in [5, 5.41) is 5.46. The molecule has 0 spiro atoms. The molecule has 2 aromatic carbocycles. The normalized spacial score (nSPS) is 17.8.